The van der Waals surface area contributed by atoms with E-state index in [9.17, 15) is 14.4 Å². The van der Waals surface area contributed by atoms with Crippen LogP contribution in [0.5, 0.6) is 5.75 Å². The van der Waals surface area contributed by atoms with Crippen molar-refractivity contribution in [2.75, 3.05) is 14.2 Å². The van der Waals surface area contributed by atoms with Crippen LogP contribution < -0.4 is 4.74 Å². The summed E-state index contributed by atoms with van der Waals surface area (Å²) in [5, 5.41) is 0. The molecule has 3 aromatic rings. The van der Waals surface area contributed by atoms with Crippen molar-refractivity contribution in [1.82, 2.24) is 0 Å². The van der Waals surface area contributed by atoms with E-state index in [1.54, 1.807) is 60.7 Å². The predicted octanol–water partition coefficient (Wildman–Crippen LogP) is 3.64. The fourth-order valence-electron chi connectivity index (χ4n) is 2.11. The summed E-state index contributed by atoms with van der Waals surface area (Å²) in [7, 11) is 2.67. The van der Waals surface area contributed by atoms with Crippen LogP contribution in [0.3, 0.4) is 0 Å². The first-order valence-corrected chi connectivity index (χ1v) is 9.02. The molecule has 0 saturated carbocycles. The van der Waals surface area contributed by atoms with Gasteiger partial charge in [0.15, 0.2) is 0 Å². The van der Waals surface area contributed by atoms with E-state index in [1.165, 1.54) is 26.4 Å². The zero-order valence-corrected chi connectivity index (χ0v) is 17.7. The third-order valence-corrected chi connectivity index (χ3v) is 3.58. The second-order valence-corrected chi connectivity index (χ2v) is 5.47. The summed E-state index contributed by atoms with van der Waals surface area (Å²) in [6.07, 6.45) is 0. The van der Waals surface area contributed by atoms with Gasteiger partial charge in [-0.3, -0.25) is 0 Å². The molecular formula is C23H18CoO7-2. The monoisotopic (exact) mass is 465 g/mol. The summed E-state index contributed by atoms with van der Waals surface area (Å²) in [5.41, 5.74) is 1.40. The van der Waals surface area contributed by atoms with Gasteiger partial charge in [0.2, 0.25) is 0 Å². The minimum atomic E-state index is -0.459. The van der Waals surface area contributed by atoms with Crippen LogP contribution in [-0.4, -0.2) is 32.1 Å². The maximum absolute atomic E-state index is 11.8. The molecule has 0 spiro atoms. The first-order valence-electron chi connectivity index (χ1n) is 8.60. The van der Waals surface area contributed by atoms with Crippen molar-refractivity contribution in [1.29, 1.82) is 0 Å². The molecule has 8 heteroatoms. The van der Waals surface area contributed by atoms with Crippen LogP contribution in [0.4, 0.5) is 0 Å². The van der Waals surface area contributed by atoms with E-state index in [4.69, 9.17) is 8.60 Å². The summed E-state index contributed by atoms with van der Waals surface area (Å²) >= 11 is 2.31. The Morgan fingerprint density at radius 3 is 1.35 bits per heavy atom. The normalized spacial score (nSPS) is 9.00. The maximum atomic E-state index is 11.8. The van der Waals surface area contributed by atoms with Gasteiger partial charge in [-0.2, -0.15) is 60.7 Å². The average molecular weight is 465 g/mol. The Hall–Kier alpha value is -3.62. The van der Waals surface area contributed by atoms with Crippen LogP contribution in [0.2, 0.25) is 0 Å². The van der Waals surface area contributed by atoms with Crippen molar-refractivity contribution >= 4 is 17.9 Å². The molecule has 3 rings (SSSR count). The SMILES string of the molecule is COC(=O)c1cc[c-]cc1.COC(=O)c1ccc(OC(=O)c2cc[c-]cc2)cc1.[O]=[Co]. The Morgan fingerprint density at radius 1 is 0.613 bits per heavy atom. The van der Waals surface area contributed by atoms with Gasteiger partial charge in [-0.15, -0.1) is 0 Å². The fourth-order valence-corrected chi connectivity index (χ4v) is 2.11. The molecule has 0 bridgehead atoms. The van der Waals surface area contributed by atoms with Crippen molar-refractivity contribution in [3.05, 3.63) is 102 Å². The summed E-state index contributed by atoms with van der Waals surface area (Å²) in [6, 6.07) is 24.9. The number of carbonyl (C=O) groups is 3. The molecule has 0 N–H and O–H groups in total. The van der Waals surface area contributed by atoms with E-state index >= 15 is 0 Å². The van der Waals surface area contributed by atoms with Gasteiger partial charge in [0.05, 0.1) is 19.8 Å². The standard InChI is InChI=1S/C15H11O4.C8H7O2.Co.O/c1-18-14(16)12-7-9-13(10-8-12)19-15(17)11-5-3-2-4-6-11;1-10-8(9)7-5-3-2-4-6-7;;/h3-10H,1H3;3-6H,1H3;;/q2*-1;;. The van der Waals surface area contributed by atoms with Crippen LogP contribution in [-0.2, 0) is 29.0 Å². The summed E-state index contributed by atoms with van der Waals surface area (Å²) in [6.45, 7) is 0. The third-order valence-electron chi connectivity index (χ3n) is 3.58. The van der Waals surface area contributed by atoms with Gasteiger partial charge in [0.25, 0.3) is 0 Å². The number of hydrogen-bond donors (Lipinski definition) is 0. The van der Waals surface area contributed by atoms with Gasteiger partial charge < -0.3 is 14.2 Å². The molecule has 163 valence electrons. The van der Waals surface area contributed by atoms with E-state index in [1.807, 2.05) is 0 Å². The van der Waals surface area contributed by atoms with Gasteiger partial charge in [-0.1, -0.05) is 0 Å². The van der Waals surface area contributed by atoms with Gasteiger partial charge in [0, 0.05) is 0 Å². The molecule has 0 atom stereocenters. The molecule has 31 heavy (non-hydrogen) atoms. The number of hydrogen-bond acceptors (Lipinski definition) is 7. The van der Waals surface area contributed by atoms with Crippen LogP contribution in [0.15, 0.2) is 72.8 Å². The van der Waals surface area contributed by atoms with E-state index < -0.39 is 11.9 Å². The van der Waals surface area contributed by atoms with E-state index in [0.29, 0.717) is 22.4 Å². The first-order chi connectivity index (χ1) is 15.0. The average Bonchev–Trinajstić information content (AvgIpc) is 2.86. The number of benzene rings is 3. The third kappa shape index (κ3) is 8.73. The molecule has 0 aliphatic carbocycles. The Morgan fingerprint density at radius 2 is 0.968 bits per heavy atom. The summed E-state index contributed by atoms with van der Waals surface area (Å²) in [4.78, 5) is 33.8. The second kappa shape index (κ2) is 14.4. The number of ether oxygens (including phenoxy) is 3. The van der Waals surface area contributed by atoms with E-state index in [0.717, 1.165) is 0 Å². The zero-order valence-electron chi connectivity index (χ0n) is 16.6. The predicted molar refractivity (Wildman–Crippen MR) is 105 cm³/mol. The molecule has 0 aliphatic heterocycles. The second-order valence-electron chi connectivity index (χ2n) is 5.47. The van der Waals surface area contributed by atoms with Crippen molar-refractivity contribution in [3.8, 4) is 5.75 Å². The Kier molecular flexibility index (Phi) is 11.8. The number of carbonyl (C=O) groups excluding carboxylic acids is 3. The fraction of sp³-hybridized carbons (Fsp3) is 0.0870. The Balaban J connectivity index is 0.000000337. The van der Waals surface area contributed by atoms with Gasteiger partial charge in [-0.05, 0) is 35.4 Å². The molecule has 0 aromatic heterocycles. The van der Waals surface area contributed by atoms with E-state index in [2.05, 4.69) is 37.3 Å². The van der Waals surface area contributed by atoms with Gasteiger partial charge in [-0.25, -0.2) is 14.4 Å². The molecule has 0 radical (unpaired) electrons. The molecule has 0 aliphatic rings. The number of methoxy groups -OCH3 is 2. The zero-order chi connectivity index (χ0) is 23.1. The summed E-state index contributed by atoms with van der Waals surface area (Å²) in [5.74, 6) is -0.837. The van der Waals surface area contributed by atoms with Crippen molar-refractivity contribution < 1.29 is 48.1 Å². The molecule has 7 nitrogen and oxygen atoms in total. The Labute approximate surface area is 187 Å². The molecule has 0 fully saturated rings. The molecule has 0 amide bonds. The van der Waals surface area contributed by atoms with Gasteiger partial charge >= 0.3 is 37.4 Å². The molecule has 0 heterocycles. The molecule has 0 saturated heterocycles. The quantitative estimate of drug-likeness (QED) is 0.330. The molecule has 0 unspecified atom stereocenters. The molecule has 3 aromatic carbocycles. The van der Waals surface area contributed by atoms with E-state index in [-0.39, 0.29) is 5.97 Å². The van der Waals surface area contributed by atoms with Crippen molar-refractivity contribution in [2.45, 2.75) is 0 Å². The van der Waals surface area contributed by atoms with Crippen molar-refractivity contribution in [3.63, 3.8) is 0 Å². The van der Waals surface area contributed by atoms with Crippen LogP contribution in [0.25, 0.3) is 0 Å². The van der Waals surface area contributed by atoms with Crippen LogP contribution >= 0.6 is 0 Å². The van der Waals surface area contributed by atoms with Crippen molar-refractivity contribution in [2.24, 2.45) is 0 Å². The Bertz CT molecular complexity index is 958. The topological polar surface area (TPSA) is 96.0 Å². The first kappa shape index (κ1) is 25.4. The van der Waals surface area contributed by atoms with Gasteiger partial charge in [0.1, 0.15) is 5.75 Å². The van der Waals surface area contributed by atoms with Crippen LogP contribution in [0.1, 0.15) is 31.1 Å². The summed E-state index contributed by atoms with van der Waals surface area (Å²) < 4.78 is 22.2. The molecular weight excluding hydrogens is 447 g/mol. The van der Waals surface area contributed by atoms with Crippen LogP contribution in [0, 0.1) is 12.1 Å². The number of rotatable bonds is 4. The minimum absolute atomic E-state index is 0.311. The number of esters is 3.